The first-order valence-electron chi connectivity index (χ1n) is 13.0. The highest BCUT2D eigenvalue weighted by atomic mass is 32.2. The largest absolute Gasteiger partial charge is 0.391 e. The second kappa shape index (κ2) is 10.6. The van der Waals surface area contributed by atoms with Gasteiger partial charge < -0.3 is 20.3 Å². The number of halogens is 1. The number of likely N-dealkylation sites (tertiary alicyclic amines) is 1. The molecule has 40 heavy (non-hydrogen) atoms. The number of alkyl halides is 1. The lowest BCUT2D eigenvalue weighted by Crippen LogP contribution is -2.45. The molecule has 1 saturated heterocycles. The van der Waals surface area contributed by atoms with Crippen LogP contribution in [0.5, 0.6) is 0 Å². The highest BCUT2D eigenvalue weighted by Crippen LogP contribution is 2.29. The molecule has 2 fully saturated rings. The number of nitrogens with one attached hydrogen (secondary N) is 1. The summed E-state index contributed by atoms with van der Waals surface area (Å²) < 4.78 is 42.4. The highest BCUT2D eigenvalue weighted by Gasteiger charge is 2.40. The molecule has 1 aliphatic carbocycles. The number of nitrogens with zero attached hydrogens (tertiary/aromatic N) is 3. The first-order chi connectivity index (χ1) is 18.9. The molecule has 1 aromatic carbocycles. The van der Waals surface area contributed by atoms with Crippen LogP contribution in [0, 0.1) is 6.92 Å². The molecule has 0 unspecified atom stereocenters. The summed E-state index contributed by atoms with van der Waals surface area (Å²) in [5.74, 6) is -2.10. The monoisotopic (exact) mass is 571 g/mol. The molecule has 0 bridgehead atoms. The summed E-state index contributed by atoms with van der Waals surface area (Å²) in [6.07, 6.45) is 0.163. The summed E-state index contributed by atoms with van der Waals surface area (Å²) in [4.78, 5) is 43.9. The molecule has 212 valence electrons. The van der Waals surface area contributed by atoms with Gasteiger partial charge in [0.15, 0.2) is 0 Å². The van der Waals surface area contributed by atoms with E-state index in [2.05, 4.69) is 4.98 Å². The van der Waals surface area contributed by atoms with E-state index in [0.717, 1.165) is 5.69 Å². The number of aliphatic hydroxyl groups is 1. The smallest absolute Gasteiger partial charge is 0.264 e. The maximum absolute atomic E-state index is 14.5. The Morgan fingerprint density at radius 1 is 1.23 bits per heavy atom. The maximum Gasteiger partial charge on any atom is 0.264 e. The van der Waals surface area contributed by atoms with Crippen molar-refractivity contribution >= 4 is 38.6 Å². The number of amides is 3. The van der Waals surface area contributed by atoms with Crippen molar-refractivity contribution in [2.75, 3.05) is 6.54 Å². The normalized spacial score (nSPS) is 20.0. The first-order valence-corrected chi connectivity index (χ1v) is 14.5. The van der Waals surface area contributed by atoms with Crippen molar-refractivity contribution in [2.45, 2.75) is 62.7 Å². The molecule has 4 N–H and O–H groups in total. The van der Waals surface area contributed by atoms with Gasteiger partial charge in [-0.25, -0.2) is 17.5 Å². The fourth-order valence-electron chi connectivity index (χ4n) is 5.18. The van der Waals surface area contributed by atoms with E-state index in [1.54, 1.807) is 6.07 Å². The van der Waals surface area contributed by atoms with Crippen LogP contribution in [0.15, 0.2) is 42.6 Å². The van der Waals surface area contributed by atoms with Crippen LogP contribution in [0.2, 0.25) is 0 Å². The molecule has 3 heterocycles. The number of hydrogen-bond donors (Lipinski definition) is 3. The number of pyridine rings is 1. The standard InChI is InChI=1S/C27H30FN5O6S/c1-15-3-2-4-18(30-15)11-24(34)23-10-17(28)12-33(23)25(35)14-32-13-21(26(29)36)20-9-16(5-8-22(20)32)27(37)31-40(38,39)19-6-7-19/h2-5,8-9,13,17,19,23-24,34H,6-7,10-12,14H2,1H3,(H2,29,36)(H,31,37)/t17-,23-,24-/m1/s1. The second-order valence-electron chi connectivity index (χ2n) is 10.4. The van der Waals surface area contributed by atoms with Crippen molar-refractivity contribution in [3.05, 3.63) is 65.1 Å². The number of hydrogen-bond acceptors (Lipinski definition) is 7. The lowest BCUT2D eigenvalue weighted by atomic mass is 10.0. The SMILES string of the molecule is Cc1cccc(C[C@@H](O)[C@H]2C[C@@H](F)CN2C(=O)Cn2cc(C(N)=O)c3cc(C(=O)NS(=O)(=O)C4CC4)ccc32)n1. The molecule has 13 heteroatoms. The number of aryl methyl sites for hydroxylation is 1. The Balaban J connectivity index is 1.37. The predicted molar refractivity (Wildman–Crippen MR) is 144 cm³/mol. The van der Waals surface area contributed by atoms with Crippen LogP contribution in [-0.2, 0) is 27.8 Å². The van der Waals surface area contributed by atoms with Gasteiger partial charge in [-0.05, 0) is 50.1 Å². The fourth-order valence-corrected chi connectivity index (χ4v) is 6.48. The van der Waals surface area contributed by atoms with E-state index in [1.807, 2.05) is 23.8 Å². The number of fused-ring (bicyclic) bond motifs is 1. The topological polar surface area (TPSA) is 165 Å². The van der Waals surface area contributed by atoms with Crippen LogP contribution in [0.4, 0.5) is 4.39 Å². The second-order valence-corrected chi connectivity index (χ2v) is 12.4. The van der Waals surface area contributed by atoms with Crippen molar-refractivity contribution in [2.24, 2.45) is 5.73 Å². The van der Waals surface area contributed by atoms with E-state index in [4.69, 9.17) is 5.73 Å². The summed E-state index contributed by atoms with van der Waals surface area (Å²) in [6, 6.07) is 8.87. The molecule has 3 aromatic rings. The van der Waals surface area contributed by atoms with Crippen LogP contribution in [0.25, 0.3) is 10.9 Å². The van der Waals surface area contributed by atoms with Gasteiger partial charge in [0.05, 0.1) is 29.5 Å². The minimum Gasteiger partial charge on any atom is -0.391 e. The zero-order valence-electron chi connectivity index (χ0n) is 21.8. The average molecular weight is 572 g/mol. The maximum atomic E-state index is 14.5. The van der Waals surface area contributed by atoms with Crippen LogP contribution in [0.3, 0.4) is 0 Å². The fraction of sp³-hybridized carbons (Fsp3) is 0.407. The molecular weight excluding hydrogens is 541 g/mol. The molecule has 5 rings (SSSR count). The van der Waals surface area contributed by atoms with E-state index >= 15 is 0 Å². The summed E-state index contributed by atoms with van der Waals surface area (Å²) in [5.41, 5.74) is 7.42. The summed E-state index contributed by atoms with van der Waals surface area (Å²) in [6.45, 7) is 1.37. The molecule has 2 aliphatic rings. The molecule has 0 spiro atoms. The van der Waals surface area contributed by atoms with Gasteiger partial charge in [-0.1, -0.05) is 6.07 Å². The van der Waals surface area contributed by atoms with Crippen molar-refractivity contribution in [1.82, 2.24) is 19.2 Å². The van der Waals surface area contributed by atoms with Gasteiger partial charge in [0.1, 0.15) is 12.7 Å². The van der Waals surface area contributed by atoms with Gasteiger partial charge >= 0.3 is 0 Å². The van der Waals surface area contributed by atoms with E-state index < -0.39 is 51.3 Å². The highest BCUT2D eigenvalue weighted by molar-refractivity contribution is 7.91. The Labute approximate surface area is 230 Å². The Morgan fingerprint density at radius 2 is 1.98 bits per heavy atom. The molecule has 3 atom stereocenters. The van der Waals surface area contributed by atoms with Gasteiger partial charge in [0, 0.05) is 46.9 Å². The van der Waals surface area contributed by atoms with Gasteiger partial charge in [0.25, 0.3) is 11.8 Å². The van der Waals surface area contributed by atoms with Gasteiger partial charge in [-0.3, -0.25) is 19.4 Å². The van der Waals surface area contributed by atoms with E-state index in [1.165, 1.54) is 33.9 Å². The Morgan fingerprint density at radius 3 is 2.65 bits per heavy atom. The van der Waals surface area contributed by atoms with Crippen LogP contribution in [0.1, 0.15) is 51.4 Å². The molecule has 1 aliphatic heterocycles. The molecule has 11 nitrogen and oxygen atoms in total. The van der Waals surface area contributed by atoms with Gasteiger partial charge in [0.2, 0.25) is 15.9 Å². The zero-order chi connectivity index (χ0) is 28.8. The molecule has 2 aromatic heterocycles. The number of carbonyl (C=O) groups excluding carboxylic acids is 3. The average Bonchev–Trinajstić information content (AvgIpc) is 3.60. The van der Waals surface area contributed by atoms with Crippen LogP contribution in [-0.4, -0.2) is 75.8 Å². The summed E-state index contributed by atoms with van der Waals surface area (Å²) >= 11 is 0. The van der Waals surface area contributed by atoms with Gasteiger partial charge in [-0.2, -0.15) is 0 Å². The molecular formula is C27H30FN5O6S. The third kappa shape index (κ3) is 5.70. The van der Waals surface area contributed by atoms with E-state index in [-0.39, 0.29) is 42.4 Å². The number of aliphatic hydroxyl groups excluding tert-OH is 1. The molecule has 3 amide bonds. The summed E-state index contributed by atoms with van der Waals surface area (Å²) in [5, 5.41) is 10.6. The number of primary amides is 1. The quantitative estimate of drug-likeness (QED) is 0.347. The number of aromatic nitrogens is 2. The molecule has 1 saturated carbocycles. The van der Waals surface area contributed by atoms with Crippen molar-refractivity contribution in [3.63, 3.8) is 0 Å². The number of nitrogens with two attached hydrogens (primary N) is 1. The molecule has 0 radical (unpaired) electrons. The van der Waals surface area contributed by atoms with Crippen molar-refractivity contribution in [3.8, 4) is 0 Å². The minimum atomic E-state index is -3.78. The lowest BCUT2D eigenvalue weighted by Gasteiger charge is -2.28. The van der Waals surface area contributed by atoms with Gasteiger partial charge in [-0.15, -0.1) is 0 Å². The van der Waals surface area contributed by atoms with Crippen LogP contribution >= 0.6 is 0 Å². The van der Waals surface area contributed by atoms with Crippen molar-refractivity contribution in [1.29, 1.82) is 0 Å². The lowest BCUT2D eigenvalue weighted by molar-refractivity contribution is -0.134. The van der Waals surface area contributed by atoms with E-state index in [0.29, 0.717) is 24.1 Å². The Hall–Kier alpha value is -3.84. The number of carbonyl (C=O) groups is 3. The number of rotatable bonds is 9. The number of sulfonamides is 1. The third-order valence-electron chi connectivity index (χ3n) is 7.33. The van der Waals surface area contributed by atoms with E-state index in [9.17, 15) is 32.3 Å². The number of benzene rings is 1. The minimum absolute atomic E-state index is 0.0102. The summed E-state index contributed by atoms with van der Waals surface area (Å²) in [7, 11) is -3.78. The third-order valence-corrected chi connectivity index (χ3v) is 9.15. The first kappa shape index (κ1) is 27.7. The zero-order valence-corrected chi connectivity index (χ0v) is 22.6. The van der Waals surface area contributed by atoms with Crippen LogP contribution < -0.4 is 10.5 Å². The van der Waals surface area contributed by atoms with Crippen molar-refractivity contribution < 1.29 is 32.3 Å². The Kier molecular flexibility index (Phi) is 7.36. The Bertz CT molecular complexity index is 1600. The predicted octanol–water partition coefficient (Wildman–Crippen LogP) is 1.21.